The summed E-state index contributed by atoms with van der Waals surface area (Å²) < 4.78 is 38.5. The molecule has 7 heteroatoms. The normalized spacial score (nSPS) is 30.1. The molecule has 0 aromatic rings. The summed E-state index contributed by atoms with van der Waals surface area (Å²) in [5, 5.41) is 0. The summed E-state index contributed by atoms with van der Waals surface area (Å²) in [4.78, 5) is 25.7. The first-order valence-corrected chi connectivity index (χ1v) is 7.62. The van der Waals surface area contributed by atoms with Gasteiger partial charge in [-0.1, -0.05) is 0 Å². The van der Waals surface area contributed by atoms with Gasteiger partial charge < -0.3 is 9.47 Å². The minimum atomic E-state index is -2.96. The summed E-state index contributed by atoms with van der Waals surface area (Å²) in [5.74, 6) is -4.94. The van der Waals surface area contributed by atoms with Crippen molar-refractivity contribution in [2.75, 3.05) is 6.61 Å². The smallest absolute Gasteiger partial charge is 0.411 e. The lowest BCUT2D eigenvalue weighted by atomic mass is 9.72. The van der Waals surface area contributed by atoms with Crippen molar-refractivity contribution >= 4 is 12.1 Å². The van der Waals surface area contributed by atoms with E-state index in [2.05, 4.69) is 0 Å². The number of carbonyl (C=O) groups excluding carboxylic acids is 2. The number of alkyl halides is 2. The minimum absolute atomic E-state index is 0.0838. The van der Waals surface area contributed by atoms with Crippen molar-refractivity contribution in [1.82, 2.24) is 4.90 Å². The molecule has 2 aliphatic heterocycles. The Morgan fingerprint density at radius 2 is 1.91 bits per heavy atom. The van der Waals surface area contributed by atoms with E-state index in [1.54, 1.807) is 27.7 Å². The van der Waals surface area contributed by atoms with Gasteiger partial charge in [0.1, 0.15) is 11.6 Å². The van der Waals surface area contributed by atoms with Gasteiger partial charge >= 0.3 is 12.1 Å². The molecule has 0 aromatic heterocycles. The summed E-state index contributed by atoms with van der Waals surface area (Å²) in [7, 11) is 0. The minimum Gasteiger partial charge on any atom is -0.464 e. The molecule has 0 radical (unpaired) electrons. The average molecular weight is 319 g/mol. The van der Waals surface area contributed by atoms with E-state index >= 15 is 0 Å². The Labute approximate surface area is 128 Å². The molecule has 0 N–H and O–H groups in total. The molecule has 3 aliphatic rings. The molecule has 5 nitrogen and oxygen atoms in total. The number of esters is 1. The molecular weight excluding hydrogens is 296 g/mol. The fourth-order valence-corrected chi connectivity index (χ4v) is 3.28. The van der Waals surface area contributed by atoms with Gasteiger partial charge in [-0.05, 0) is 40.5 Å². The van der Waals surface area contributed by atoms with Crippen molar-refractivity contribution in [2.24, 2.45) is 5.92 Å². The van der Waals surface area contributed by atoms with E-state index in [4.69, 9.17) is 9.47 Å². The predicted octanol–water partition coefficient (Wildman–Crippen LogP) is 2.97. The van der Waals surface area contributed by atoms with Crippen LogP contribution in [0.15, 0.2) is 0 Å². The van der Waals surface area contributed by atoms with Crippen LogP contribution in [0.5, 0.6) is 0 Å². The lowest BCUT2D eigenvalue weighted by Crippen LogP contribution is -2.67. The van der Waals surface area contributed by atoms with Gasteiger partial charge in [-0.25, -0.2) is 18.4 Å². The summed E-state index contributed by atoms with van der Waals surface area (Å²) in [6.45, 7) is 6.78. The molecule has 0 unspecified atom stereocenters. The van der Waals surface area contributed by atoms with Crippen LogP contribution in [-0.4, -0.2) is 47.2 Å². The maximum Gasteiger partial charge on any atom is 0.411 e. The molecule has 0 aromatic carbocycles. The van der Waals surface area contributed by atoms with Crippen LogP contribution in [0.3, 0.4) is 0 Å². The van der Waals surface area contributed by atoms with Gasteiger partial charge in [0.2, 0.25) is 0 Å². The van der Waals surface area contributed by atoms with Gasteiger partial charge in [-0.15, -0.1) is 0 Å². The molecule has 2 bridgehead atoms. The van der Waals surface area contributed by atoms with E-state index in [0.717, 1.165) is 0 Å². The number of rotatable bonds is 2. The van der Waals surface area contributed by atoms with E-state index < -0.39 is 48.0 Å². The third-order valence-corrected chi connectivity index (χ3v) is 4.07. The maximum atomic E-state index is 14.1. The maximum absolute atomic E-state index is 14.1. The molecule has 22 heavy (non-hydrogen) atoms. The lowest BCUT2D eigenvalue weighted by Gasteiger charge is -2.52. The number of nitrogens with zero attached hydrogens (tertiary/aromatic N) is 1. The standard InChI is InChI=1S/C15H23F2NO4/c1-5-21-12(19)11-10-7-6-9(8-15(10,16)17)18(11)13(20)22-14(2,3)4/h9-11H,5-8H2,1-4H3/t9-,10-,11-/m1/s1. The Morgan fingerprint density at radius 1 is 1.27 bits per heavy atom. The largest absolute Gasteiger partial charge is 0.464 e. The van der Waals surface area contributed by atoms with E-state index in [0.29, 0.717) is 6.42 Å². The highest BCUT2D eigenvalue weighted by molar-refractivity contribution is 5.83. The predicted molar refractivity (Wildman–Crippen MR) is 74.6 cm³/mol. The van der Waals surface area contributed by atoms with Crippen LogP contribution in [-0.2, 0) is 14.3 Å². The number of ether oxygens (including phenoxy) is 2. The van der Waals surface area contributed by atoms with Crippen molar-refractivity contribution in [3.05, 3.63) is 0 Å². The van der Waals surface area contributed by atoms with Crippen molar-refractivity contribution < 1.29 is 27.8 Å². The zero-order valence-electron chi connectivity index (χ0n) is 13.4. The quantitative estimate of drug-likeness (QED) is 0.734. The second-order valence-electron chi connectivity index (χ2n) is 6.89. The van der Waals surface area contributed by atoms with Gasteiger partial charge in [0.05, 0.1) is 12.5 Å². The molecule has 0 spiro atoms. The first kappa shape index (κ1) is 17.0. The third kappa shape index (κ3) is 3.17. The van der Waals surface area contributed by atoms with Gasteiger partial charge in [0.25, 0.3) is 5.92 Å². The molecule has 2 saturated heterocycles. The first-order valence-electron chi connectivity index (χ1n) is 7.62. The summed E-state index contributed by atoms with van der Waals surface area (Å²) >= 11 is 0. The van der Waals surface area contributed by atoms with E-state index in [-0.39, 0.29) is 13.0 Å². The van der Waals surface area contributed by atoms with Crippen LogP contribution in [0, 0.1) is 5.92 Å². The van der Waals surface area contributed by atoms with Crippen LogP contribution >= 0.6 is 0 Å². The Hall–Kier alpha value is -1.40. The highest BCUT2D eigenvalue weighted by atomic mass is 19.3. The molecule has 3 fully saturated rings. The SMILES string of the molecule is CCOC(=O)[C@H]1[C@H]2CC[C@H](CC2(F)F)N1C(=O)OC(C)(C)C. The topological polar surface area (TPSA) is 55.8 Å². The van der Waals surface area contributed by atoms with Gasteiger partial charge in [0, 0.05) is 12.5 Å². The molecule has 3 atom stereocenters. The number of piperidine rings is 2. The van der Waals surface area contributed by atoms with Crippen LogP contribution in [0.1, 0.15) is 47.0 Å². The fourth-order valence-electron chi connectivity index (χ4n) is 3.28. The Morgan fingerprint density at radius 3 is 2.41 bits per heavy atom. The number of hydrogen-bond donors (Lipinski definition) is 0. The van der Waals surface area contributed by atoms with Crippen molar-refractivity contribution in [3.63, 3.8) is 0 Å². The molecular formula is C15H23F2NO4. The lowest BCUT2D eigenvalue weighted by molar-refractivity contribution is -0.195. The zero-order valence-corrected chi connectivity index (χ0v) is 13.4. The Kier molecular flexibility index (Phi) is 4.37. The van der Waals surface area contributed by atoms with E-state index in [9.17, 15) is 18.4 Å². The van der Waals surface area contributed by atoms with Gasteiger partial charge in [0.15, 0.2) is 0 Å². The van der Waals surface area contributed by atoms with Crippen molar-refractivity contribution in [2.45, 2.75) is 70.6 Å². The molecule has 1 aliphatic carbocycles. The van der Waals surface area contributed by atoms with Gasteiger partial charge in [-0.3, -0.25) is 4.90 Å². The molecule has 2 heterocycles. The van der Waals surface area contributed by atoms with Crippen LogP contribution in [0.2, 0.25) is 0 Å². The first-order chi connectivity index (χ1) is 10.1. The van der Waals surface area contributed by atoms with E-state index in [1.165, 1.54) is 4.90 Å². The number of carbonyl (C=O) groups is 2. The average Bonchev–Trinajstić information content (AvgIpc) is 2.35. The number of amides is 1. The second-order valence-corrected chi connectivity index (χ2v) is 6.89. The number of fused-ring (bicyclic) bond motifs is 3. The second kappa shape index (κ2) is 5.66. The fraction of sp³-hybridized carbons (Fsp3) is 0.867. The molecule has 1 amide bonds. The van der Waals surface area contributed by atoms with Gasteiger partial charge in [-0.2, -0.15) is 0 Å². The van der Waals surface area contributed by atoms with Crippen LogP contribution in [0.25, 0.3) is 0 Å². The van der Waals surface area contributed by atoms with Crippen molar-refractivity contribution in [1.29, 1.82) is 0 Å². The highest BCUT2D eigenvalue weighted by Gasteiger charge is 2.61. The van der Waals surface area contributed by atoms with Crippen LogP contribution < -0.4 is 0 Å². The Balaban J connectivity index is 2.30. The monoisotopic (exact) mass is 319 g/mol. The molecule has 1 saturated carbocycles. The Bertz CT molecular complexity index is 461. The third-order valence-electron chi connectivity index (χ3n) is 4.07. The zero-order chi connectivity index (χ0) is 16.7. The number of halogens is 2. The summed E-state index contributed by atoms with van der Waals surface area (Å²) in [6, 6.07) is -1.96. The summed E-state index contributed by atoms with van der Waals surface area (Å²) in [6.07, 6.45) is -0.487. The molecule has 3 rings (SSSR count). The van der Waals surface area contributed by atoms with E-state index in [1.807, 2.05) is 0 Å². The molecule has 126 valence electrons. The van der Waals surface area contributed by atoms with Crippen molar-refractivity contribution in [3.8, 4) is 0 Å². The highest BCUT2D eigenvalue weighted by Crippen LogP contribution is 2.49. The van der Waals surface area contributed by atoms with Crippen LogP contribution in [0.4, 0.5) is 13.6 Å². The number of hydrogen-bond acceptors (Lipinski definition) is 4. The summed E-state index contributed by atoms with van der Waals surface area (Å²) in [5.41, 5.74) is -0.754.